The zero-order valence-electron chi connectivity index (χ0n) is 26.5. The van der Waals surface area contributed by atoms with Crippen LogP contribution in [0.25, 0.3) is 10.9 Å². The van der Waals surface area contributed by atoms with E-state index >= 15 is 0 Å². The monoisotopic (exact) mass is 658 g/mol. The largest absolute Gasteiger partial charge is 0.497 e. The first-order valence-electron chi connectivity index (χ1n) is 15.8. The molecule has 0 unspecified atom stereocenters. The Morgan fingerprint density at radius 3 is 2.40 bits per heavy atom. The molecule has 0 spiro atoms. The van der Waals surface area contributed by atoms with Crippen LogP contribution in [0.15, 0.2) is 77.8 Å². The molecule has 12 heteroatoms. The van der Waals surface area contributed by atoms with Crippen LogP contribution in [0.2, 0.25) is 0 Å². The van der Waals surface area contributed by atoms with Gasteiger partial charge in [-0.15, -0.1) is 0 Å². The Labute approximate surface area is 274 Å². The van der Waals surface area contributed by atoms with Crippen molar-refractivity contribution >= 4 is 44.6 Å². The number of carbonyl (C=O) groups is 3. The van der Waals surface area contributed by atoms with Gasteiger partial charge in [0.15, 0.2) is 0 Å². The van der Waals surface area contributed by atoms with E-state index in [0.717, 1.165) is 42.8 Å². The summed E-state index contributed by atoms with van der Waals surface area (Å²) >= 11 is 0. The molecule has 2 aliphatic rings. The number of likely N-dealkylation sites (tertiary alicyclic amines) is 1. The van der Waals surface area contributed by atoms with E-state index in [2.05, 4.69) is 5.32 Å². The summed E-state index contributed by atoms with van der Waals surface area (Å²) in [6.45, 7) is 2.52. The summed E-state index contributed by atoms with van der Waals surface area (Å²) in [5, 5.41) is 3.30. The van der Waals surface area contributed by atoms with E-state index in [1.807, 2.05) is 0 Å². The number of methoxy groups -OCH3 is 1. The van der Waals surface area contributed by atoms with Gasteiger partial charge in [0.05, 0.1) is 24.1 Å². The van der Waals surface area contributed by atoms with E-state index in [4.69, 9.17) is 9.47 Å². The topological polar surface area (TPSA) is 127 Å². The van der Waals surface area contributed by atoms with Crippen LogP contribution in [-0.2, 0) is 21.3 Å². The Morgan fingerprint density at radius 1 is 0.936 bits per heavy atom. The van der Waals surface area contributed by atoms with Crippen molar-refractivity contribution in [3.05, 3.63) is 89.6 Å². The van der Waals surface area contributed by atoms with E-state index in [1.165, 1.54) is 29.9 Å². The number of benzene rings is 3. The zero-order valence-corrected chi connectivity index (χ0v) is 27.3. The summed E-state index contributed by atoms with van der Waals surface area (Å²) in [6, 6.07) is 17.6. The van der Waals surface area contributed by atoms with Crippen molar-refractivity contribution in [2.45, 2.75) is 63.0 Å². The third kappa shape index (κ3) is 6.69. The van der Waals surface area contributed by atoms with Crippen molar-refractivity contribution in [1.29, 1.82) is 0 Å². The second kappa shape index (κ2) is 13.5. The third-order valence-corrected chi connectivity index (χ3v) is 10.7. The molecule has 3 amide bonds. The standard InChI is InChI=1S/C35H38N4O7S/c1-24-10-3-6-15-32(24)47(43,44)39(33(40)25-11-9-14-29(20-25)45-2)23-26-22-38(35(42)37-18-7-8-19-37)31-17-16-27(21-30(26)31)36-34(41)46-28-12-4-5-13-28/h3,6,9-11,14-17,20-22,28H,4-5,7-8,12-13,18-19,23H2,1-2H3,(H,36,41). The minimum absolute atomic E-state index is 0.00913. The highest BCUT2D eigenvalue weighted by Gasteiger charge is 2.33. The first-order chi connectivity index (χ1) is 22.7. The average Bonchev–Trinajstić information content (AvgIpc) is 3.85. The predicted octanol–water partition coefficient (Wildman–Crippen LogP) is 6.54. The summed E-state index contributed by atoms with van der Waals surface area (Å²) in [7, 11) is -2.92. The fourth-order valence-electron chi connectivity index (χ4n) is 6.31. The Bertz CT molecular complexity index is 1930. The lowest BCUT2D eigenvalue weighted by atomic mass is 10.1. The molecule has 11 nitrogen and oxygen atoms in total. The van der Waals surface area contributed by atoms with Crippen molar-refractivity contribution in [1.82, 2.24) is 13.8 Å². The Morgan fingerprint density at radius 2 is 1.68 bits per heavy atom. The molecule has 4 aromatic rings. The number of ether oxygens (including phenoxy) is 2. The summed E-state index contributed by atoms with van der Waals surface area (Å²) in [6.07, 6.45) is 6.35. The van der Waals surface area contributed by atoms with Gasteiger partial charge < -0.3 is 14.4 Å². The van der Waals surface area contributed by atoms with E-state index in [0.29, 0.717) is 46.6 Å². The second-order valence-electron chi connectivity index (χ2n) is 12.0. The van der Waals surface area contributed by atoms with Crippen LogP contribution >= 0.6 is 0 Å². The number of amides is 3. The molecule has 0 atom stereocenters. The average molecular weight is 659 g/mol. The SMILES string of the molecule is COc1cccc(C(=O)N(Cc2cn(C(=O)N3CCCC3)c3ccc(NC(=O)OC4CCCC4)cc23)S(=O)(=O)c2ccccc2C)c1. The lowest BCUT2D eigenvalue weighted by Crippen LogP contribution is -2.37. The highest BCUT2D eigenvalue weighted by atomic mass is 32.2. The van der Waals surface area contributed by atoms with Gasteiger partial charge in [-0.3, -0.25) is 14.7 Å². The minimum atomic E-state index is -4.39. The normalized spacial score (nSPS) is 15.1. The molecule has 2 fully saturated rings. The van der Waals surface area contributed by atoms with E-state index in [-0.39, 0.29) is 29.1 Å². The Balaban J connectivity index is 1.44. The smallest absolute Gasteiger partial charge is 0.411 e. The number of carbonyl (C=O) groups excluding carboxylic acids is 3. The van der Waals surface area contributed by atoms with Gasteiger partial charge in [-0.25, -0.2) is 22.3 Å². The van der Waals surface area contributed by atoms with Crippen molar-refractivity contribution in [2.24, 2.45) is 0 Å². The molecule has 47 heavy (non-hydrogen) atoms. The first-order valence-corrected chi connectivity index (χ1v) is 17.3. The molecule has 2 heterocycles. The van der Waals surface area contributed by atoms with Gasteiger partial charge in [0, 0.05) is 35.9 Å². The Hall–Kier alpha value is -4.84. The number of sulfonamides is 1. The van der Waals surface area contributed by atoms with Crippen LogP contribution in [-0.4, -0.2) is 66.5 Å². The van der Waals surface area contributed by atoms with E-state index < -0.39 is 22.0 Å². The molecule has 0 radical (unpaired) electrons. The molecule has 1 saturated carbocycles. The lowest BCUT2D eigenvalue weighted by molar-refractivity contribution is 0.0854. The zero-order chi connectivity index (χ0) is 33.1. The quantitative estimate of drug-likeness (QED) is 0.228. The predicted molar refractivity (Wildman–Crippen MR) is 177 cm³/mol. The summed E-state index contributed by atoms with van der Waals surface area (Å²) in [4.78, 5) is 42.3. The third-order valence-electron chi connectivity index (χ3n) is 8.81. The fourth-order valence-corrected chi connectivity index (χ4v) is 7.91. The van der Waals surface area contributed by atoms with Crippen molar-refractivity contribution in [2.75, 3.05) is 25.5 Å². The summed E-state index contributed by atoms with van der Waals surface area (Å²) < 4.78 is 41.8. The molecule has 1 saturated heterocycles. The van der Waals surface area contributed by atoms with E-state index in [9.17, 15) is 22.8 Å². The van der Waals surface area contributed by atoms with Gasteiger partial charge in [0.1, 0.15) is 11.9 Å². The van der Waals surface area contributed by atoms with Gasteiger partial charge in [-0.2, -0.15) is 0 Å². The van der Waals surface area contributed by atoms with Gasteiger partial charge in [0.25, 0.3) is 15.9 Å². The Kier molecular flexibility index (Phi) is 9.21. The van der Waals surface area contributed by atoms with Gasteiger partial charge in [-0.1, -0.05) is 24.3 Å². The molecule has 1 aliphatic carbocycles. The number of nitrogens with zero attached hydrogens (tertiary/aromatic N) is 3. The number of nitrogens with one attached hydrogen (secondary N) is 1. The second-order valence-corrected chi connectivity index (χ2v) is 13.8. The molecule has 1 N–H and O–H groups in total. The maximum atomic E-state index is 14.3. The van der Waals surface area contributed by atoms with Crippen LogP contribution in [0.1, 0.15) is 60.0 Å². The van der Waals surface area contributed by atoms with Crippen LogP contribution in [0.3, 0.4) is 0 Å². The minimum Gasteiger partial charge on any atom is -0.497 e. The van der Waals surface area contributed by atoms with Crippen molar-refractivity contribution in [3.8, 4) is 5.75 Å². The van der Waals surface area contributed by atoms with Crippen molar-refractivity contribution < 1.29 is 32.3 Å². The summed E-state index contributed by atoms with van der Waals surface area (Å²) in [5.74, 6) is -0.356. The van der Waals surface area contributed by atoms with Gasteiger partial charge >= 0.3 is 12.1 Å². The summed E-state index contributed by atoms with van der Waals surface area (Å²) in [5.41, 5.74) is 1.95. The number of anilines is 1. The number of hydrogen-bond acceptors (Lipinski definition) is 7. The number of fused-ring (bicyclic) bond motifs is 1. The molecule has 6 rings (SSSR count). The number of hydrogen-bond donors (Lipinski definition) is 1. The number of aromatic nitrogens is 1. The number of rotatable bonds is 8. The molecule has 246 valence electrons. The fraction of sp³-hybridized carbons (Fsp3) is 0.343. The van der Waals surface area contributed by atoms with Gasteiger partial charge in [-0.05, 0) is 99.0 Å². The molecule has 1 aromatic heterocycles. The first kappa shape index (κ1) is 32.1. The van der Waals surface area contributed by atoms with Crippen LogP contribution in [0.4, 0.5) is 15.3 Å². The molecule has 0 bridgehead atoms. The van der Waals surface area contributed by atoms with Crippen LogP contribution in [0.5, 0.6) is 5.75 Å². The van der Waals surface area contributed by atoms with E-state index in [1.54, 1.807) is 66.6 Å². The highest BCUT2D eigenvalue weighted by Crippen LogP contribution is 2.31. The molecule has 3 aromatic carbocycles. The number of aryl methyl sites for hydroxylation is 1. The highest BCUT2D eigenvalue weighted by molar-refractivity contribution is 7.89. The molecular weight excluding hydrogens is 620 g/mol. The maximum Gasteiger partial charge on any atom is 0.411 e. The van der Waals surface area contributed by atoms with Crippen LogP contribution in [0, 0.1) is 6.92 Å². The van der Waals surface area contributed by atoms with Crippen molar-refractivity contribution in [3.63, 3.8) is 0 Å². The molecular formula is C35H38N4O7S. The maximum absolute atomic E-state index is 14.3. The van der Waals surface area contributed by atoms with Gasteiger partial charge in [0.2, 0.25) is 0 Å². The molecule has 1 aliphatic heterocycles. The lowest BCUT2D eigenvalue weighted by Gasteiger charge is -2.24. The van der Waals surface area contributed by atoms with Crippen LogP contribution < -0.4 is 10.1 Å².